The number of rotatable bonds is 2. The molecule has 1 aromatic heterocycles. The zero-order chi connectivity index (χ0) is 15.6. The Morgan fingerprint density at radius 2 is 2.09 bits per heavy atom. The molecule has 2 saturated heterocycles. The van der Waals surface area contributed by atoms with Crippen LogP contribution in [0.3, 0.4) is 0 Å². The Morgan fingerprint density at radius 3 is 2.68 bits per heavy atom. The first-order chi connectivity index (χ1) is 10.6. The van der Waals surface area contributed by atoms with E-state index in [0.717, 1.165) is 12.8 Å². The molecule has 2 fully saturated rings. The molecular formula is C15H21N3O4. The first kappa shape index (κ1) is 15.2. The van der Waals surface area contributed by atoms with Gasteiger partial charge in [0, 0.05) is 32.1 Å². The molecule has 3 rings (SSSR count). The summed E-state index contributed by atoms with van der Waals surface area (Å²) in [5, 5.41) is 10.2. The maximum atomic E-state index is 12.5. The Labute approximate surface area is 129 Å². The smallest absolute Gasteiger partial charge is 0.316 e. The molecule has 1 atom stereocenters. The number of hydrogen-bond donors (Lipinski definition) is 1. The minimum atomic E-state index is -0.467. The molecule has 0 radical (unpaired) electrons. The van der Waals surface area contributed by atoms with Gasteiger partial charge in [-0.15, -0.1) is 0 Å². The van der Waals surface area contributed by atoms with Crippen molar-refractivity contribution in [2.75, 3.05) is 26.8 Å². The fraction of sp³-hybridized carbons (Fsp3) is 0.667. The van der Waals surface area contributed by atoms with Crippen LogP contribution in [0.2, 0.25) is 0 Å². The Bertz CT molecular complexity index is 526. The Kier molecular flexibility index (Phi) is 4.26. The molecule has 7 nitrogen and oxygen atoms in total. The summed E-state index contributed by atoms with van der Waals surface area (Å²) in [6, 6.07) is 0.243. The molecule has 2 aliphatic rings. The third kappa shape index (κ3) is 2.78. The van der Waals surface area contributed by atoms with Gasteiger partial charge in [-0.3, -0.25) is 4.79 Å². The molecule has 0 saturated carbocycles. The summed E-state index contributed by atoms with van der Waals surface area (Å²) in [7, 11) is 1.48. The van der Waals surface area contributed by atoms with Crippen molar-refractivity contribution in [1.29, 1.82) is 0 Å². The van der Waals surface area contributed by atoms with E-state index in [1.54, 1.807) is 4.90 Å². The van der Waals surface area contributed by atoms with E-state index in [9.17, 15) is 9.90 Å². The number of aliphatic hydroxyl groups is 1. The van der Waals surface area contributed by atoms with Crippen LogP contribution in [0.25, 0.3) is 0 Å². The van der Waals surface area contributed by atoms with Crippen LogP contribution in [0.15, 0.2) is 12.4 Å². The van der Waals surface area contributed by atoms with Crippen molar-refractivity contribution in [3.05, 3.63) is 18.0 Å². The van der Waals surface area contributed by atoms with Gasteiger partial charge in [-0.1, -0.05) is 0 Å². The number of piperidine rings is 1. The number of carbonyl (C=O) groups is 1. The monoisotopic (exact) mass is 307 g/mol. The SMILES string of the molecule is COc1ncc(C(=O)N2CCC3(CC2)OCCCC3O)cn1. The zero-order valence-corrected chi connectivity index (χ0v) is 12.7. The molecule has 1 spiro atoms. The highest BCUT2D eigenvalue weighted by atomic mass is 16.5. The van der Waals surface area contributed by atoms with Gasteiger partial charge in [-0.05, 0) is 25.7 Å². The lowest BCUT2D eigenvalue weighted by molar-refractivity contribution is -0.174. The van der Waals surface area contributed by atoms with E-state index in [4.69, 9.17) is 9.47 Å². The van der Waals surface area contributed by atoms with E-state index in [2.05, 4.69) is 9.97 Å². The maximum absolute atomic E-state index is 12.5. The van der Waals surface area contributed by atoms with Gasteiger partial charge < -0.3 is 19.5 Å². The highest BCUT2D eigenvalue weighted by Crippen LogP contribution is 2.35. The van der Waals surface area contributed by atoms with Crippen LogP contribution in [0.1, 0.15) is 36.0 Å². The minimum absolute atomic E-state index is 0.0946. The van der Waals surface area contributed by atoms with Gasteiger partial charge in [0.2, 0.25) is 0 Å². The zero-order valence-electron chi connectivity index (χ0n) is 12.7. The molecule has 0 aromatic carbocycles. The lowest BCUT2D eigenvalue weighted by atomic mass is 9.82. The third-order valence-electron chi connectivity index (χ3n) is 4.57. The minimum Gasteiger partial charge on any atom is -0.467 e. The van der Waals surface area contributed by atoms with Crippen LogP contribution in [0.5, 0.6) is 6.01 Å². The van der Waals surface area contributed by atoms with Crippen molar-refractivity contribution < 1.29 is 19.4 Å². The molecule has 22 heavy (non-hydrogen) atoms. The van der Waals surface area contributed by atoms with Crippen molar-refractivity contribution in [3.63, 3.8) is 0 Å². The molecule has 0 bridgehead atoms. The van der Waals surface area contributed by atoms with Gasteiger partial charge in [0.1, 0.15) is 0 Å². The predicted molar refractivity (Wildman–Crippen MR) is 77.6 cm³/mol. The van der Waals surface area contributed by atoms with E-state index < -0.39 is 11.7 Å². The van der Waals surface area contributed by atoms with Gasteiger partial charge in [-0.25, -0.2) is 9.97 Å². The predicted octanol–water partition coefficient (Wildman–Crippen LogP) is 0.631. The third-order valence-corrected chi connectivity index (χ3v) is 4.57. The summed E-state index contributed by atoms with van der Waals surface area (Å²) >= 11 is 0. The largest absolute Gasteiger partial charge is 0.467 e. The Hall–Kier alpha value is -1.73. The summed E-state index contributed by atoms with van der Waals surface area (Å²) in [6.45, 7) is 1.83. The summed E-state index contributed by atoms with van der Waals surface area (Å²) in [4.78, 5) is 22.1. The van der Waals surface area contributed by atoms with E-state index in [0.29, 0.717) is 38.1 Å². The van der Waals surface area contributed by atoms with Crippen LogP contribution in [-0.4, -0.2) is 64.4 Å². The van der Waals surface area contributed by atoms with Gasteiger partial charge in [0.05, 0.1) is 24.4 Å². The van der Waals surface area contributed by atoms with E-state index >= 15 is 0 Å². The second kappa shape index (κ2) is 6.18. The van der Waals surface area contributed by atoms with Crippen molar-refractivity contribution in [2.45, 2.75) is 37.4 Å². The molecule has 1 amide bonds. The van der Waals surface area contributed by atoms with Crippen LogP contribution in [0.4, 0.5) is 0 Å². The van der Waals surface area contributed by atoms with Crippen molar-refractivity contribution in [1.82, 2.24) is 14.9 Å². The van der Waals surface area contributed by atoms with Crippen molar-refractivity contribution >= 4 is 5.91 Å². The van der Waals surface area contributed by atoms with Gasteiger partial charge in [0.15, 0.2) is 0 Å². The molecule has 1 aromatic rings. The molecular weight excluding hydrogens is 286 g/mol. The summed E-state index contributed by atoms with van der Waals surface area (Å²) in [5.41, 5.74) is -0.0207. The average molecular weight is 307 g/mol. The number of aliphatic hydroxyl groups excluding tert-OH is 1. The number of likely N-dealkylation sites (tertiary alicyclic amines) is 1. The fourth-order valence-electron chi connectivity index (χ4n) is 3.19. The number of nitrogens with zero attached hydrogens (tertiary/aromatic N) is 3. The summed E-state index contributed by atoms with van der Waals surface area (Å²) in [6.07, 6.45) is 5.53. The van der Waals surface area contributed by atoms with Crippen LogP contribution in [-0.2, 0) is 4.74 Å². The van der Waals surface area contributed by atoms with Crippen LogP contribution < -0.4 is 4.74 Å². The molecule has 1 unspecified atom stereocenters. The van der Waals surface area contributed by atoms with Crippen LogP contribution >= 0.6 is 0 Å². The number of hydrogen-bond acceptors (Lipinski definition) is 6. The lowest BCUT2D eigenvalue weighted by Crippen LogP contribution is -2.56. The van der Waals surface area contributed by atoms with E-state index in [1.807, 2.05) is 0 Å². The molecule has 1 N–H and O–H groups in total. The van der Waals surface area contributed by atoms with Gasteiger partial charge >= 0.3 is 6.01 Å². The highest BCUT2D eigenvalue weighted by Gasteiger charge is 2.44. The fourth-order valence-corrected chi connectivity index (χ4v) is 3.19. The quantitative estimate of drug-likeness (QED) is 0.863. The molecule has 120 valence electrons. The standard InChI is InChI=1S/C15H21N3O4/c1-21-14-16-9-11(10-17-14)13(20)18-6-4-15(5-7-18)12(19)3-2-8-22-15/h9-10,12,19H,2-8H2,1H3. The first-order valence-electron chi connectivity index (χ1n) is 7.62. The van der Waals surface area contributed by atoms with Crippen molar-refractivity contribution in [2.24, 2.45) is 0 Å². The number of methoxy groups -OCH3 is 1. The Balaban J connectivity index is 1.64. The number of ether oxygens (including phenoxy) is 2. The number of aromatic nitrogens is 2. The average Bonchev–Trinajstić information content (AvgIpc) is 2.58. The lowest BCUT2D eigenvalue weighted by Gasteiger charge is -2.46. The first-order valence-corrected chi connectivity index (χ1v) is 7.62. The molecule has 3 heterocycles. The van der Waals surface area contributed by atoms with E-state index in [-0.39, 0.29) is 11.9 Å². The van der Waals surface area contributed by atoms with E-state index in [1.165, 1.54) is 19.5 Å². The van der Waals surface area contributed by atoms with Gasteiger partial charge in [-0.2, -0.15) is 0 Å². The molecule has 7 heteroatoms. The normalized spacial score (nSPS) is 24.3. The maximum Gasteiger partial charge on any atom is 0.316 e. The van der Waals surface area contributed by atoms with Crippen LogP contribution in [0, 0.1) is 0 Å². The second-order valence-corrected chi connectivity index (χ2v) is 5.82. The summed E-state index contributed by atoms with van der Waals surface area (Å²) < 4.78 is 10.7. The number of amides is 1. The molecule has 0 aliphatic carbocycles. The Morgan fingerprint density at radius 1 is 1.41 bits per heavy atom. The topological polar surface area (TPSA) is 84.8 Å². The number of carbonyl (C=O) groups excluding carboxylic acids is 1. The summed E-state index contributed by atoms with van der Waals surface area (Å²) in [5.74, 6) is -0.0946. The van der Waals surface area contributed by atoms with Crippen molar-refractivity contribution in [3.8, 4) is 6.01 Å². The van der Waals surface area contributed by atoms with Gasteiger partial charge in [0.25, 0.3) is 5.91 Å². The highest BCUT2D eigenvalue weighted by molar-refractivity contribution is 5.93. The molecule has 2 aliphatic heterocycles. The second-order valence-electron chi connectivity index (χ2n) is 5.82.